The van der Waals surface area contributed by atoms with Gasteiger partial charge in [0, 0.05) is 31.4 Å². The molecule has 1 aliphatic rings. The van der Waals surface area contributed by atoms with Crippen LogP contribution in [0.4, 0.5) is 17.6 Å². The zero-order valence-electron chi connectivity index (χ0n) is 21.2. The van der Waals surface area contributed by atoms with Crippen molar-refractivity contribution in [1.29, 1.82) is 0 Å². The Morgan fingerprint density at radius 1 is 1.18 bits per heavy atom. The number of halogens is 4. The summed E-state index contributed by atoms with van der Waals surface area (Å²) in [5.74, 6) is -2.88. The lowest BCUT2D eigenvalue weighted by Gasteiger charge is -2.25. The molecule has 0 fully saturated rings. The third-order valence-corrected chi connectivity index (χ3v) is 6.53. The smallest absolute Gasteiger partial charge is 0.453 e. The molecule has 4 aromatic rings. The Kier molecular flexibility index (Phi) is 7.08. The molecular weight excluding hydrogens is 518 g/mol. The summed E-state index contributed by atoms with van der Waals surface area (Å²) in [6.07, 6.45) is 0.0563. The van der Waals surface area contributed by atoms with Gasteiger partial charge in [0.15, 0.2) is 11.6 Å². The van der Waals surface area contributed by atoms with E-state index in [1.807, 2.05) is 6.07 Å². The quantitative estimate of drug-likeness (QED) is 0.359. The summed E-state index contributed by atoms with van der Waals surface area (Å²) in [6.45, 7) is 2.03. The van der Waals surface area contributed by atoms with Gasteiger partial charge in [-0.3, -0.25) is 9.48 Å². The number of hydrogen-bond donors (Lipinski definition) is 1. The number of benzene rings is 2. The van der Waals surface area contributed by atoms with E-state index < -0.39 is 23.7 Å². The fourth-order valence-corrected chi connectivity index (χ4v) is 4.51. The van der Waals surface area contributed by atoms with E-state index in [0.717, 1.165) is 36.1 Å². The predicted octanol–water partition coefficient (Wildman–Crippen LogP) is 3.60. The van der Waals surface area contributed by atoms with E-state index in [-0.39, 0.29) is 29.1 Å². The molecule has 0 spiro atoms. The minimum absolute atomic E-state index is 0.0228. The van der Waals surface area contributed by atoms with Crippen LogP contribution >= 0.6 is 0 Å². The molecule has 0 unspecified atom stereocenters. The second-order valence-corrected chi connectivity index (χ2v) is 9.29. The summed E-state index contributed by atoms with van der Waals surface area (Å²) in [5, 5.41) is 10.3. The summed E-state index contributed by atoms with van der Waals surface area (Å²) in [6, 6.07) is 8.92. The highest BCUT2D eigenvalue weighted by molar-refractivity contribution is 5.93. The first-order chi connectivity index (χ1) is 18.6. The van der Waals surface area contributed by atoms with Gasteiger partial charge in [-0.2, -0.15) is 18.3 Å². The van der Waals surface area contributed by atoms with Crippen LogP contribution in [0.15, 0.2) is 49.1 Å². The lowest BCUT2D eigenvalue weighted by Crippen LogP contribution is -2.26. The molecule has 0 bridgehead atoms. The van der Waals surface area contributed by atoms with Crippen LogP contribution in [-0.2, 0) is 32.2 Å². The third kappa shape index (κ3) is 5.62. The molecular formula is C26H25F4N7O2. The van der Waals surface area contributed by atoms with Crippen molar-refractivity contribution in [3.8, 4) is 11.4 Å². The van der Waals surface area contributed by atoms with Gasteiger partial charge in [-0.15, -0.1) is 5.10 Å². The molecule has 0 atom stereocenters. The molecule has 0 saturated heterocycles. The summed E-state index contributed by atoms with van der Waals surface area (Å²) in [7, 11) is 3.34. The Bertz CT molecular complexity index is 1510. The highest BCUT2D eigenvalue weighted by atomic mass is 19.4. The van der Waals surface area contributed by atoms with Gasteiger partial charge in [0.1, 0.15) is 6.33 Å². The first-order valence-corrected chi connectivity index (χ1v) is 12.1. The van der Waals surface area contributed by atoms with Gasteiger partial charge >= 0.3 is 6.18 Å². The van der Waals surface area contributed by atoms with Crippen LogP contribution in [0.3, 0.4) is 0 Å². The molecule has 0 radical (unpaired) electrons. The molecule has 5 rings (SSSR count). The van der Waals surface area contributed by atoms with Crippen molar-refractivity contribution in [2.45, 2.75) is 32.2 Å². The van der Waals surface area contributed by atoms with Gasteiger partial charge in [-0.25, -0.2) is 14.1 Å². The lowest BCUT2D eigenvalue weighted by atomic mass is 9.98. The number of likely N-dealkylation sites (N-methyl/N-ethyl adjacent to an activating group) is 1. The van der Waals surface area contributed by atoms with E-state index in [9.17, 15) is 18.0 Å². The van der Waals surface area contributed by atoms with E-state index in [1.54, 1.807) is 10.9 Å². The molecule has 0 saturated carbocycles. The summed E-state index contributed by atoms with van der Waals surface area (Å²) >= 11 is 0. The summed E-state index contributed by atoms with van der Waals surface area (Å²) in [4.78, 5) is 18.4. The van der Waals surface area contributed by atoms with Crippen LogP contribution in [0.25, 0.3) is 5.69 Å². The van der Waals surface area contributed by atoms with Crippen molar-refractivity contribution in [3.63, 3.8) is 0 Å². The molecule has 0 aliphatic carbocycles. The van der Waals surface area contributed by atoms with Crippen molar-refractivity contribution in [2.75, 3.05) is 20.7 Å². The van der Waals surface area contributed by atoms with Crippen LogP contribution < -0.4 is 10.1 Å². The van der Waals surface area contributed by atoms with E-state index in [1.165, 1.54) is 36.6 Å². The largest absolute Gasteiger partial charge is 0.494 e. The molecule has 1 aliphatic heterocycles. The molecule has 2 aromatic carbocycles. The van der Waals surface area contributed by atoms with Crippen molar-refractivity contribution in [3.05, 3.63) is 88.5 Å². The van der Waals surface area contributed by atoms with Crippen LogP contribution in [0.2, 0.25) is 0 Å². The Morgan fingerprint density at radius 3 is 2.74 bits per heavy atom. The molecule has 13 heteroatoms. The van der Waals surface area contributed by atoms with Crippen molar-refractivity contribution < 1.29 is 27.1 Å². The van der Waals surface area contributed by atoms with E-state index in [4.69, 9.17) is 4.74 Å². The molecule has 9 nitrogen and oxygen atoms in total. The topological polar surface area (TPSA) is 90.1 Å². The number of methoxy groups -OCH3 is 1. The highest BCUT2D eigenvalue weighted by Gasteiger charge is 2.36. The lowest BCUT2D eigenvalue weighted by molar-refractivity contribution is -0.144. The number of ether oxygens (including phenoxy) is 1. The molecule has 2 aromatic heterocycles. The number of carbonyl (C=O) groups excluding carboxylic acids is 1. The molecule has 1 amide bonds. The summed E-state index contributed by atoms with van der Waals surface area (Å²) < 4.78 is 61.5. The average Bonchev–Trinajstić information content (AvgIpc) is 3.58. The fraction of sp³-hybridized carbons (Fsp3) is 0.308. The van der Waals surface area contributed by atoms with Gasteiger partial charge in [0.25, 0.3) is 11.7 Å². The fourth-order valence-electron chi connectivity index (χ4n) is 4.51. The first kappa shape index (κ1) is 26.4. The van der Waals surface area contributed by atoms with Gasteiger partial charge < -0.3 is 15.0 Å². The predicted molar refractivity (Wildman–Crippen MR) is 132 cm³/mol. The molecule has 39 heavy (non-hydrogen) atoms. The minimum atomic E-state index is -4.76. The van der Waals surface area contributed by atoms with Gasteiger partial charge in [-0.05, 0) is 42.3 Å². The second kappa shape index (κ2) is 10.5. The molecule has 1 N–H and O–H groups in total. The van der Waals surface area contributed by atoms with E-state index in [0.29, 0.717) is 6.54 Å². The Labute approximate surface area is 221 Å². The maximum atomic E-state index is 15.1. The Hall–Kier alpha value is -4.26. The number of nitrogens with one attached hydrogen (secondary N) is 1. The normalized spacial score (nSPS) is 13.8. The maximum absolute atomic E-state index is 15.1. The number of hydrogen-bond acceptors (Lipinski definition) is 6. The zero-order valence-corrected chi connectivity index (χ0v) is 21.2. The number of alkyl halides is 3. The van der Waals surface area contributed by atoms with Crippen LogP contribution in [0.1, 0.15) is 38.4 Å². The van der Waals surface area contributed by atoms with Crippen molar-refractivity contribution in [2.24, 2.45) is 0 Å². The third-order valence-electron chi connectivity index (χ3n) is 6.53. The van der Waals surface area contributed by atoms with Gasteiger partial charge in [-0.1, -0.05) is 18.2 Å². The standard InChI is InChI=1S/C26H25F4N7O2/c1-35-8-7-17-4-3-16(9-18(17)13-35)12-36-14-19(10-33-36)24(38)31-11-20-21(5-6-22(39-2)23(20)27)37-15-32-25(34-37)26(28,29)30/h3-6,9-10,14-15H,7-8,11-13H2,1-2H3,(H,31,38). The van der Waals surface area contributed by atoms with Crippen molar-refractivity contribution >= 4 is 5.91 Å². The molecule has 204 valence electrons. The van der Waals surface area contributed by atoms with Crippen LogP contribution in [-0.4, -0.2) is 56.1 Å². The van der Waals surface area contributed by atoms with Gasteiger partial charge in [0.05, 0.1) is 31.1 Å². The number of fused-ring (bicyclic) bond motifs is 1. The van der Waals surface area contributed by atoms with E-state index in [2.05, 4.69) is 44.6 Å². The number of aromatic nitrogens is 5. The highest BCUT2D eigenvalue weighted by Crippen LogP contribution is 2.29. The SMILES string of the molecule is COc1ccc(-n2cnc(C(F)(F)F)n2)c(CNC(=O)c2cnn(Cc3ccc4c(c3)CN(C)CC4)c2)c1F. The van der Waals surface area contributed by atoms with Crippen LogP contribution in [0, 0.1) is 5.82 Å². The first-order valence-electron chi connectivity index (χ1n) is 12.1. The summed E-state index contributed by atoms with van der Waals surface area (Å²) in [5.41, 5.74) is 3.77. The number of amides is 1. The zero-order chi connectivity index (χ0) is 27.7. The minimum Gasteiger partial charge on any atom is -0.494 e. The molecule has 3 heterocycles. The van der Waals surface area contributed by atoms with Gasteiger partial charge in [0.2, 0.25) is 0 Å². The van der Waals surface area contributed by atoms with Crippen LogP contribution in [0.5, 0.6) is 5.75 Å². The van der Waals surface area contributed by atoms with Crippen molar-refractivity contribution in [1.82, 2.24) is 34.8 Å². The second-order valence-electron chi connectivity index (χ2n) is 9.29. The average molecular weight is 544 g/mol. The maximum Gasteiger partial charge on any atom is 0.453 e. The number of rotatable bonds is 7. The number of nitrogens with zero attached hydrogens (tertiary/aromatic N) is 6. The number of carbonyl (C=O) groups is 1. The Morgan fingerprint density at radius 2 is 2.00 bits per heavy atom. The Balaban J connectivity index is 1.31. The van der Waals surface area contributed by atoms with E-state index >= 15 is 4.39 Å². The monoisotopic (exact) mass is 543 g/mol.